The van der Waals surface area contributed by atoms with Gasteiger partial charge in [0.05, 0.1) is 13.2 Å². The Morgan fingerprint density at radius 2 is 2.10 bits per heavy atom. The topological polar surface area (TPSA) is 41.6 Å². The third-order valence-electron chi connectivity index (χ3n) is 4.28. The van der Waals surface area contributed by atoms with Gasteiger partial charge in [-0.05, 0) is 25.3 Å². The first kappa shape index (κ1) is 13.4. The van der Waals surface area contributed by atoms with Crippen molar-refractivity contribution >= 4 is 5.91 Å². The van der Waals surface area contributed by atoms with Crippen molar-refractivity contribution in [3.05, 3.63) is 29.8 Å². The zero-order valence-corrected chi connectivity index (χ0v) is 12.1. The van der Waals surface area contributed by atoms with Crippen LogP contribution in [0.4, 0.5) is 0 Å². The average Bonchev–Trinajstić information content (AvgIpc) is 3.25. The molecule has 2 fully saturated rings. The molecule has 1 saturated carbocycles. The number of ether oxygens (including phenoxy) is 1. The number of benzene rings is 1. The van der Waals surface area contributed by atoms with Crippen LogP contribution in [-0.4, -0.2) is 30.5 Å². The Morgan fingerprint density at radius 1 is 1.35 bits per heavy atom. The fraction of sp³-hybridized carbons (Fsp3) is 0.562. The van der Waals surface area contributed by atoms with Crippen molar-refractivity contribution in [3.63, 3.8) is 0 Å². The van der Waals surface area contributed by atoms with Gasteiger partial charge in [0.1, 0.15) is 11.9 Å². The molecule has 1 saturated heterocycles. The lowest BCUT2D eigenvalue weighted by Gasteiger charge is -2.25. The third kappa shape index (κ3) is 2.52. The van der Waals surface area contributed by atoms with Crippen molar-refractivity contribution in [1.29, 1.82) is 0 Å². The number of rotatable bonds is 5. The molecule has 2 unspecified atom stereocenters. The zero-order chi connectivity index (χ0) is 14.1. The molecule has 2 atom stereocenters. The maximum atomic E-state index is 12.3. The number of hydrogen-bond donors (Lipinski definition) is 1. The number of amides is 1. The Balaban J connectivity index is 1.82. The minimum Gasteiger partial charge on any atom is -0.496 e. The fourth-order valence-corrected chi connectivity index (χ4v) is 2.89. The van der Waals surface area contributed by atoms with E-state index in [9.17, 15) is 4.79 Å². The number of nitrogens with one attached hydrogen (secondary N) is 1. The van der Waals surface area contributed by atoms with Crippen LogP contribution in [0.15, 0.2) is 24.3 Å². The van der Waals surface area contributed by atoms with Crippen molar-refractivity contribution in [2.45, 2.75) is 38.4 Å². The van der Waals surface area contributed by atoms with Crippen LogP contribution in [0, 0.1) is 5.92 Å². The van der Waals surface area contributed by atoms with Crippen LogP contribution in [0.5, 0.6) is 5.75 Å². The molecule has 0 aromatic heterocycles. The lowest BCUT2D eigenvalue weighted by molar-refractivity contribution is -0.129. The van der Waals surface area contributed by atoms with Crippen LogP contribution in [-0.2, 0) is 4.79 Å². The summed E-state index contributed by atoms with van der Waals surface area (Å²) in [6.45, 7) is 2.77. The molecule has 0 radical (unpaired) electrons. The lowest BCUT2D eigenvalue weighted by atomic mass is 10.1. The molecular formula is C16H22N2O2. The molecule has 1 amide bonds. The molecule has 108 valence electrons. The normalized spacial score (nSPS) is 26.1. The molecule has 1 aromatic carbocycles. The van der Waals surface area contributed by atoms with Gasteiger partial charge in [0.15, 0.2) is 0 Å². The predicted molar refractivity (Wildman–Crippen MR) is 77.4 cm³/mol. The minimum absolute atomic E-state index is 0.0626. The van der Waals surface area contributed by atoms with Crippen molar-refractivity contribution in [3.8, 4) is 5.75 Å². The molecule has 4 nitrogen and oxygen atoms in total. The second-order valence-corrected chi connectivity index (χ2v) is 5.80. The van der Waals surface area contributed by atoms with Crippen molar-refractivity contribution in [2.75, 3.05) is 13.7 Å². The number of carbonyl (C=O) groups excluding carboxylic acids is 1. The average molecular weight is 274 g/mol. The molecule has 0 bridgehead atoms. The van der Waals surface area contributed by atoms with Crippen molar-refractivity contribution < 1.29 is 9.53 Å². The van der Waals surface area contributed by atoms with Crippen LogP contribution in [0.3, 0.4) is 0 Å². The number of nitrogens with zero attached hydrogens (tertiary/aromatic N) is 1. The van der Waals surface area contributed by atoms with Gasteiger partial charge in [-0.3, -0.25) is 10.1 Å². The Kier molecular flexibility index (Phi) is 3.66. The molecule has 1 aliphatic carbocycles. The Bertz CT molecular complexity index is 499. The van der Waals surface area contributed by atoms with Crippen LogP contribution in [0.2, 0.25) is 0 Å². The summed E-state index contributed by atoms with van der Waals surface area (Å²) in [6, 6.07) is 7.81. The smallest absolute Gasteiger partial charge is 0.241 e. The molecule has 0 spiro atoms. The van der Waals surface area contributed by atoms with E-state index in [4.69, 9.17) is 4.74 Å². The van der Waals surface area contributed by atoms with E-state index in [1.165, 1.54) is 12.8 Å². The van der Waals surface area contributed by atoms with E-state index >= 15 is 0 Å². The lowest BCUT2D eigenvalue weighted by Crippen LogP contribution is -2.32. The van der Waals surface area contributed by atoms with Gasteiger partial charge in [-0.1, -0.05) is 31.0 Å². The molecule has 1 N–H and O–H groups in total. The number of para-hydroxylation sites is 1. The van der Waals surface area contributed by atoms with E-state index < -0.39 is 0 Å². The summed E-state index contributed by atoms with van der Waals surface area (Å²) in [5, 5.41) is 3.39. The maximum absolute atomic E-state index is 12.3. The third-order valence-corrected chi connectivity index (χ3v) is 4.28. The van der Waals surface area contributed by atoms with E-state index in [0.29, 0.717) is 0 Å². The largest absolute Gasteiger partial charge is 0.496 e. The van der Waals surface area contributed by atoms with Crippen molar-refractivity contribution in [1.82, 2.24) is 10.2 Å². The van der Waals surface area contributed by atoms with Gasteiger partial charge in [0.25, 0.3) is 0 Å². The molecule has 1 aromatic rings. The highest BCUT2D eigenvalue weighted by Gasteiger charge is 2.38. The molecule has 1 heterocycles. The number of hydrogen-bond acceptors (Lipinski definition) is 3. The van der Waals surface area contributed by atoms with Crippen LogP contribution in [0.1, 0.15) is 37.9 Å². The first-order valence-electron chi connectivity index (χ1n) is 7.40. The molecule has 2 aliphatic rings. The number of methoxy groups -OCH3 is 1. The molecule has 3 rings (SSSR count). The first-order valence-corrected chi connectivity index (χ1v) is 7.40. The van der Waals surface area contributed by atoms with Gasteiger partial charge in [0.2, 0.25) is 5.91 Å². The summed E-state index contributed by atoms with van der Waals surface area (Å²) in [6.07, 6.45) is 3.70. The SMILES string of the molecule is COc1ccccc1C1NC(C)C(=O)N1CCC1CC1. The minimum atomic E-state index is -0.121. The summed E-state index contributed by atoms with van der Waals surface area (Å²) in [5.41, 5.74) is 1.04. The van der Waals surface area contributed by atoms with E-state index in [0.717, 1.165) is 30.2 Å². The predicted octanol–water partition coefficient (Wildman–Crippen LogP) is 2.31. The molecular weight excluding hydrogens is 252 g/mol. The van der Waals surface area contributed by atoms with Gasteiger partial charge in [-0.15, -0.1) is 0 Å². The Hall–Kier alpha value is -1.55. The Labute approximate surface area is 120 Å². The summed E-state index contributed by atoms with van der Waals surface area (Å²) >= 11 is 0. The molecule has 20 heavy (non-hydrogen) atoms. The summed E-state index contributed by atoms with van der Waals surface area (Å²) in [4.78, 5) is 14.3. The quantitative estimate of drug-likeness (QED) is 0.896. The van der Waals surface area contributed by atoms with Crippen molar-refractivity contribution in [2.24, 2.45) is 5.92 Å². The number of carbonyl (C=O) groups is 1. The van der Waals surface area contributed by atoms with Gasteiger partial charge in [-0.25, -0.2) is 0 Å². The molecule has 4 heteroatoms. The summed E-state index contributed by atoms with van der Waals surface area (Å²) in [5.74, 6) is 1.86. The van der Waals surface area contributed by atoms with Gasteiger partial charge < -0.3 is 9.64 Å². The van der Waals surface area contributed by atoms with Gasteiger partial charge in [0, 0.05) is 12.1 Å². The van der Waals surface area contributed by atoms with Gasteiger partial charge >= 0.3 is 0 Å². The van der Waals surface area contributed by atoms with Crippen LogP contribution >= 0.6 is 0 Å². The second-order valence-electron chi connectivity index (χ2n) is 5.80. The first-order chi connectivity index (χ1) is 9.70. The van der Waals surface area contributed by atoms with Crippen LogP contribution < -0.4 is 10.1 Å². The zero-order valence-electron chi connectivity index (χ0n) is 12.1. The van der Waals surface area contributed by atoms with E-state index in [-0.39, 0.29) is 18.1 Å². The van der Waals surface area contributed by atoms with E-state index in [1.54, 1.807) is 7.11 Å². The standard InChI is InChI=1S/C16H22N2O2/c1-11-16(19)18(10-9-12-7-8-12)15(17-11)13-5-3-4-6-14(13)20-2/h3-6,11-12,15,17H,7-10H2,1-2H3. The van der Waals surface area contributed by atoms with Crippen LogP contribution in [0.25, 0.3) is 0 Å². The molecule has 1 aliphatic heterocycles. The highest BCUT2D eigenvalue weighted by atomic mass is 16.5. The summed E-state index contributed by atoms with van der Waals surface area (Å²) < 4.78 is 5.44. The van der Waals surface area contributed by atoms with Gasteiger partial charge in [-0.2, -0.15) is 0 Å². The highest BCUT2D eigenvalue weighted by Crippen LogP contribution is 2.36. The van der Waals surface area contributed by atoms with E-state index in [1.807, 2.05) is 36.1 Å². The summed E-state index contributed by atoms with van der Waals surface area (Å²) in [7, 11) is 1.67. The second kappa shape index (κ2) is 5.44. The monoisotopic (exact) mass is 274 g/mol. The Morgan fingerprint density at radius 3 is 2.80 bits per heavy atom. The maximum Gasteiger partial charge on any atom is 0.241 e. The fourth-order valence-electron chi connectivity index (χ4n) is 2.89. The van der Waals surface area contributed by atoms with E-state index in [2.05, 4.69) is 5.32 Å². The highest BCUT2D eigenvalue weighted by molar-refractivity contribution is 5.84.